The van der Waals surface area contributed by atoms with Gasteiger partial charge in [-0.1, -0.05) is 26.0 Å². The van der Waals surface area contributed by atoms with Crippen LogP contribution in [0.3, 0.4) is 0 Å². The van der Waals surface area contributed by atoms with Crippen molar-refractivity contribution in [3.8, 4) is 5.75 Å². The summed E-state index contributed by atoms with van der Waals surface area (Å²) in [4.78, 5) is 0. The zero-order valence-corrected chi connectivity index (χ0v) is 14.6. The zero-order valence-electron chi connectivity index (χ0n) is 11.5. The van der Waals surface area contributed by atoms with Crippen LogP contribution in [0.5, 0.6) is 5.75 Å². The Kier molecular flexibility index (Phi) is 5.11. The van der Waals surface area contributed by atoms with Gasteiger partial charge in [0.1, 0.15) is 5.75 Å². The van der Waals surface area contributed by atoms with Crippen molar-refractivity contribution in [2.45, 2.75) is 26.3 Å². The molecule has 0 saturated carbocycles. The van der Waals surface area contributed by atoms with E-state index in [2.05, 4.69) is 75.3 Å². The van der Waals surface area contributed by atoms with Gasteiger partial charge in [-0.25, -0.2) is 0 Å². The molecule has 106 valence electrons. The number of halogens is 2. The molecule has 2 aromatic carbocycles. The summed E-state index contributed by atoms with van der Waals surface area (Å²) in [5.41, 5.74) is 3.52. The van der Waals surface area contributed by atoms with Crippen LogP contribution in [-0.4, -0.2) is 5.11 Å². The topological polar surface area (TPSA) is 32.3 Å². The predicted molar refractivity (Wildman–Crippen MR) is 91.4 cm³/mol. The molecule has 0 amide bonds. The highest BCUT2D eigenvalue weighted by molar-refractivity contribution is 9.11. The van der Waals surface area contributed by atoms with Crippen molar-refractivity contribution in [3.63, 3.8) is 0 Å². The van der Waals surface area contributed by atoms with Crippen molar-refractivity contribution in [1.82, 2.24) is 0 Å². The molecule has 0 aliphatic carbocycles. The molecule has 0 bridgehead atoms. The SMILES string of the molecule is CC(C)c1ccc(NCc2cc(Br)c(O)c(Br)c2)cc1. The third-order valence-electron chi connectivity index (χ3n) is 3.15. The first-order chi connectivity index (χ1) is 9.47. The molecule has 0 fully saturated rings. The molecule has 2 rings (SSSR count). The lowest BCUT2D eigenvalue weighted by Gasteiger charge is -2.10. The fourth-order valence-electron chi connectivity index (χ4n) is 1.91. The smallest absolute Gasteiger partial charge is 0.143 e. The third kappa shape index (κ3) is 3.76. The van der Waals surface area contributed by atoms with Crippen LogP contribution >= 0.6 is 31.9 Å². The number of hydrogen-bond acceptors (Lipinski definition) is 2. The largest absolute Gasteiger partial charge is 0.506 e. The maximum Gasteiger partial charge on any atom is 0.143 e. The van der Waals surface area contributed by atoms with Crippen LogP contribution in [0, 0.1) is 0 Å². The van der Waals surface area contributed by atoms with E-state index in [0.717, 1.165) is 11.3 Å². The average Bonchev–Trinajstić information content (AvgIpc) is 2.42. The first kappa shape index (κ1) is 15.4. The molecule has 4 heteroatoms. The van der Waals surface area contributed by atoms with Gasteiger partial charge in [0.25, 0.3) is 0 Å². The summed E-state index contributed by atoms with van der Waals surface area (Å²) in [6.45, 7) is 5.08. The molecule has 0 aliphatic heterocycles. The first-order valence-electron chi connectivity index (χ1n) is 6.48. The van der Waals surface area contributed by atoms with Gasteiger partial charge in [0.15, 0.2) is 0 Å². The fourth-order valence-corrected chi connectivity index (χ4v) is 3.19. The van der Waals surface area contributed by atoms with E-state index in [4.69, 9.17) is 0 Å². The number of benzene rings is 2. The van der Waals surface area contributed by atoms with Crippen molar-refractivity contribution >= 4 is 37.5 Å². The van der Waals surface area contributed by atoms with Crippen molar-refractivity contribution in [2.75, 3.05) is 5.32 Å². The standard InChI is InChI=1S/C16H17Br2NO/c1-10(2)12-3-5-13(6-4-12)19-9-11-7-14(17)16(20)15(18)8-11/h3-8,10,19-20H,9H2,1-2H3. The number of phenols is 1. The summed E-state index contributed by atoms with van der Waals surface area (Å²) >= 11 is 6.68. The van der Waals surface area contributed by atoms with E-state index in [-0.39, 0.29) is 5.75 Å². The molecule has 0 radical (unpaired) electrons. The average molecular weight is 399 g/mol. The van der Waals surface area contributed by atoms with Gasteiger partial charge in [0.2, 0.25) is 0 Å². The molecular formula is C16H17Br2NO. The van der Waals surface area contributed by atoms with Gasteiger partial charge in [-0.2, -0.15) is 0 Å². The molecule has 2 N–H and O–H groups in total. The molecule has 0 aromatic heterocycles. The third-order valence-corrected chi connectivity index (χ3v) is 4.36. The predicted octanol–water partition coefficient (Wildman–Crippen LogP) is 5.65. The van der Waals surface area contributed by atoms with Crippen molar-refractivity contribution < 1.29 is 5.11 Å². The van der Waals surface area contributed by atoms with Crippen LogP contribution in [0.2, 0.25) is 0 Å². The molecule has 0 heterocycles. The van der Waals surface area contributed by atoms with E-state index in [1.54, 1.807) is 0 Å². The Morgan fingerprint density at radius 2 is 1.60 bits per heavy atom. The van der Waals surface area contributed by atoms with Crippen LogP contribution < -0.4 is 5.32 Å². The van der Waals surface area contributed by atoms with Crippen molar-refractivity contribution in [2.24, 2.45) is 0 Å². The van der Waals surface area contributed by atoms with E-state index in [9.17, 15) is 5.11 Å². The lowest BCUT2D eigenvalue weighted by atomic mass is 10.0. The molecule has 20 heavy (non-hydrogen) atoms. The molecule has 0 saturated heterocycles. The summed E-state index contributed by atoms with van der Waals surface area (Å²) in [5, 5.41) is 13.1. The highest BCUT2D eigenvalue weighted by atomic mass is 79.9. The van der Waals surface area contributed by atoms with Gasteiger partial charge < -0.3 is 10.4 Å². The second-order valence-electron chi connectivity index (χ2n) is 5.04. The Balaban J connectivity index is 2.05. The molecule has 2 nitrogen and oxygen atoms in total. The van der Waals surface area contributed by atoms with E-state index >= 15 is 0 Å². The highest BCUT2D eigenvalue weighted by Gasteiger charge is 2.06. The van der Waals surface area contributed by atoms with Crippen LogP contribution in [0.25, 0.3) is 0 Å². The molecule has 0 atom stereocenters. The van der Waals surface area contributed by atoms with Gasteiger partial charge >= 0.3 is 0 Å². The zero-order chi connectivity index (χ0) is 14.7. The monoisotopic (exact) mass is 397 g/mol. The Morgan fingerprint density at radius 1 is 1.05 bits per heavy atom. The molecule has 0 aliphatic rings. The van der Waals surface area contributed by atoms with E-state index in [0.29, 0.717) is 21.4 Å². The summed E-state index contributed by atoms with van der Waals surface area (Å²) in [6.07, 6.45) is 0. The van der Waals surface area contributed by atoms with Crippen LogP contribution in [0.4, 0.5) is 5.69 Å². The summed E-state index contributed by atoms with van der Waals surface area (Å²) in [5.74, 6) is 0.781. The fraction of sp³-hybridized carbons (Fsp3) is 0.250. The van der Waals surface area contributed by atoms with E-state index in [1.807, 2.05) is 12.1 Å². The molecule has 0 spiro atoms. The summed E-state index contributed by atoms with van der Waals surface area (Å²) in [6, 6.07) is 12.3. The normalized spacial score (nSPS) is 10.8. The number of hydrogen-bond donors (Lipinski definition) is 2. The number of anilines is 1. The molecule has 0 unspecified atom stereocenters. The molecule has 2 aromatic rings. The second-order valence-corrected chi connectivity index (χ2v) is 6.75. The molecular weight excluding hydrogens is 382 g/mol. The van der Waals surface area contributed by atoms with E-state index < -0.39 is 0 Å². The van der Waals surface area contributed by atoms with Crippen LogP contribution in [0.1, 0.15) is 30.9 Å². The number of nitrogens with one attached hydrogen (secondary N) is 1. The van der Waals surface area contributed by atoms with Crippen molar-refractivity contribution in [1.29, 1.82) is 0 Å². The van der Waals surface area contributed by atoms with Crippen LogP contribution in [0.15, 0.2) is 45.3 Å². The van der Waals surface area contributed by atoms with Gasteiger partial charge in [-0.05, 0) is 73.2 Å². The summed E-state index contributed by atoms with van der Waals surface area (Å²) < 4.78 is 1.39. The Bertz CT molecular complexity index is 571. The van der Waals surface area contributed by atoms with E-state index in [1.165, 1.54) is 5.56 Å². The van der Waals surface area contributed by atoms with Gasteiger partial charge in [0, 0.05) is 12.2 Å². The van der Waals surface area contributed by atoms with Gasteiger partial charge in [-0.15, -0.1) is 0 Å². The lowest BCUT2D eigenvalue weighted by molar-refractivity contribution is 0.468. The minimum atomic E-state index is 0.232. The first-order valence-corrected chi connectivity index (χ1v) is 8.06. The minimum Gasteiger partial charge on any atom is -0.506 e. The Labute approximate surface area is 136 Å². The number of aromatic hydroxyl groups is 1. The Morgan fingerprint density at radius 3 is 2.10 bits per heavy atom. The second kappa shape index (κ2) is 6.64. The van der Waals surface area contributed by atoms with Crippen molar-refractivity contribution in [3.05, 3.63) is 56.5 Å². The Hall–Kier alpha value is -1.000. The highest BCUT2D eigenvalue weighted by Crippen LogP contribution is 2.33. The van der Waals surface area contributed by atoms with Gasteiger partial charge in [0.05, 0.1) is 8.95 Å². The van der Waals surface area contributed by atoms with Gasteiger partial charge in [-0.3, -0.25) is 0 Å². The lowest BCUT2D eigenvalue weighted by Crippen LogP contribution is -2.00. The quantitative estimate of drug-likeness (QED) is 0.696. The minimum absolute atomic E-state index is 0.232. The van der Waals surface area contributed by atoms with Crippen LogP contribution in [-0.2, 0) is 6.54 Å². The number of phenolic OH excluding ortho intramolecular Hbond substituents is 1. The maximum atomic E-state index is 9.68. The summed E-state index contributed by atoms with van der Waals surface area (Å²) in [7, 11) is 0. The number of rotatable bonds is 4. The maximum absolute atomic E-state index is 9.68.